The van der Waals surface area contributed by atoms with Gasteiger partial charge in [0, 0.05) is 26.0 Å². The molecule has 0 spiro atoms. The standard InChI is InChI=1S/C35H50N2O4Si/c1-8-9-10-30(34(39)41-35(2,3)4)25-31(33(38)40-23-24-42(5,6)7)16-13-26-11-14-27(15-12-26)28-17-19-29(20-18-28)32-36-21-22-37-32/h11-12,14-15,17-22,30-31H,8-10,13,16,23-25H2,1-7H3,(H,36,37)/t30-,31+/m1/s1. The average Bonchev–Trinajstić information content (AvgIpc) is 3.46. The van der Waals surface area contributed by atoms with Gasteiger partial charge in [0.15, 0.2) is 0 Å². The lowest BCUT2D eigenvalue weighted by Gasteiger charge is -2.26. The summed E-state index contributed by atoms with van der Waals surface area (Å²) in [4.78, 5) is 33.9. The van der Waals surface area contributed by atoms with Gasteiger partial charge in [0.2, 0.25) is 0 Å². The molecule has 3 rings (SSSR count). The molecule has 2 aromatic carbocycles. The first kappa shape index (κ1) is 33.3. The van der Waals surface area contributed by atoms with Crippen LogP contribution in [0.1, 0.15) is 65.4 Å². The largest absolute Gasteiger partial charge is 0.466 e. The Bertz CT molecular complexity index is 1240. The molecular formula is C35H50N2O4Si. The van der Waals surface area contributed by atoms with Crippen molar-refractivity contribution in [2.75, 3.05) is 6.61 Å². The van der Waals surface area contributed by atoms with E-state index < -0.39 is 13.7 Å². The number of carbonyl (C=O) groups is 2. The highest BCUT2D eigenvalue weighted by atomic mass is 28.3. The molecule has 1 aromatic heterocycles. The second-order valence-electron chi connectivity index (χ2n) is 13.5. The highest BCUT2D eigenvalue weighted by Crippen LogP contribution is 2.28. The third-order valence-corrected chi connectivity index (χ3v) is 9.07. The van der Waals surface area contributed by atoms with Gasteiger partial charge >= 0.3 is 11.9 Å². The van der Waals surface area contributed by atoms with E-state index in [-0.39, 0.29) is 23.8 Å². The zero-order valence-corrected chi connectivity index (χ0v) is 27.7. The van der Waals surface area contributed by atoms with Gasteiger partial charge in [-0.2, -0.15) is 0 Å². The first-order valence-electron chi connectivity index (χ1n) is 15.4. The lowest BCUT2D eigenvalue weighted by Crippen LogP contribution is -2.32. The van der Waals surface area contributed by atoms with Gasteiger partial charge in [0.1, 0.15) is 11.4 Å². The molecule has 0 unspecified atom stereocenters. The van der Waals surface area contributed by atoms with Crippen molar-refractivity contribution in [2.45, 2.75) is 97.5 Å². The maximum absolute atomic E-state index is 13.4. The van der Waals surface area contributed by atoms with Crippen molar-refractivity contribution in [3.63, 3.8) is 0 Å². The van der Waals surface area contributed by atoms with Crippen molar-refractivity contribution in [3.8, 4) is 22.5 Å². The number of benzene rings is 2. The Morgan fingerprint density at radius 1 is 0.881 bits per heavy atom. The van der Waals surface area contributed by atoms with Gasteiger partial charge < -0.3 is 14.5 Å². The van der Waals surface area contributed by atoms with Crippen LogP contribution in [-0.4, -0.2) is 42.2 Å². The summed E-state index contributed by atoms with van der Waals surface area (Å²) in [5.41, 5.74) is 3.92. The van der Waals surface area contributed by atoms with E-state index in [0.29, 0.717) is 19.4 Å². The van der Waals surface area contributed by atoms with Crippen LogP contribution < -0.4 is 0 Å². The number of aromatic nitrogens is 2. The van der Waals surface area contributed by atoms with E-state index in [2.05, 4.69) is 85.1 Å². The van der Waals surface area contributed by atoms with Gasteiger partial charge in [-0.25, -0.2) is 4.98 Å². The zero-order chi connectivity index (χ0) is 30.8. The summed E-state index contributed by atoms with van der Waals surface area (Å²) in [5, 5.41) is 0. The van der Waals surface area contributed by atoms with Crippen LogP contribution in [0.2, 0.25) is 25.7 Å². The first-order chi connectivity index (χ1) is 19.8. The second kappa shape index (κ2) is 15.3. The van der Waals surface area contributed by atoms with E-state index in [1.54, 1.807) is 6.20 Å². The summed E-state index contributed by atoms with van der Waals surface area (Å²) in [6, 6.07) is 17.8. The van der Waals surface area contributed by atoms with Gasteiger partial charge in [-0.15, -0.1) is 0 Å². The van der Waals surface area contributed by atoms with E-state index in [9.17, 15) is 9.59 Å². The number of aromatic amines is 1. The minimum Gasteiger partial charge on any atom is -0.466 e. The number of ether oxygens (including phenoxy) is 2. The van der Waals surface area contributed by atoms with E-state index in [1.807, 2.05) is 27.0 Å². The molecule has 2 atom stereocenters. The molecular weight excluding hydrogens is 540 g/mol. The highest BCUT2D eigenvalue weighted by Gasteiger charge is 2.31. The quantitative estimate of drug-likeness (QED) is 0.141. The number of esters is 2. The summed E-state index contributed by atoms with van der Waals surface area (Å²) in [7, 11) is -1.33. The molecule has 0 saturated carbocycles. The fourth-order valence-electron chi connectivity index (χ4n) is 4.87. The lowest BCUT2D eigenvalue weighted by atomic mass is 9.86. The molecule has 0 amide bonds. The molecule has 1 heterocycles. The maximum atomic E-state index is 13.4. The molecule has 228 valence electrons. The summed E-state index contributed by atoms with van der Waals surface area (Å²) in [5.74, 6) is -0.209. The first-order valence-corrected chi connectivity index (χ1v) is 19.1. The van der Waals surface area contributed by atoms with Crippen LogP contribution in [0.15, 0.2) is 60.9 Å². The molecule has 3 aromatic rings. The molecule has 7 heteroatoms. The van der Waals surface area contributed by atoms with Crippen molar-refractivity contribution < 1.29 is 19.1 Å². The molecule has 6 nitrogen and oxygen atoms in total. The molecule has 0 saturated heterocycles. The molecule has 1 N–H and O–H groups in total. The monoisotopic (exact) mass is 590 g/mol. The molecule has 0 aliphatic carbocycles. The average molecular weight is 591 g/mol. The van der Waals surface area contributed by atoms with Gasteiger partial charge in [0.05, 0.1) is 18.4 Å². The smallest absolute Gasteiger partial charge is 0.309 e. The van der Waals surface area contributed by atoms with Crippen molar-refractivity contribution in [2.24, 2.45) is 11.8 Å². The number of unbranched alkanes of at least 4 members (excludes halogenated alkanes) is 1. The lowest BCUT2D eigenvalue weighted by molar-refractivity contribution is -0.162. The Morgan fingerprint density at radius 3 is 2.02 bits per heavy atom. The molecule has 0 fully saturated rings. The number of carbonyl (C=O) groups excluding carboxylic acids is 2. The number of hydrogen-bond acceptors (Lipinski definition) is 5. The SMILES string of the molecule is CCCC[C@H](C[C@H](CCc1ccc(-c2ccc(-c3ncc[nH]3)cc2)cc1)C(=O)OCC[Si](C)(C)C)C(=O)OC(C)(C)C. The number of imidazole rings is 1. The van der Waals surface area contributed by atoms with E-state index in [1.165, 1.54) is 0 Å². The molecule has 0 radical (unpaired) electrons. The zero-order valence-electron chi connectivity index (χ0n) is 26.7. The normalized spacial score (nSPS) is 13.4. The molecule has 0 bridgehead atoms. The van der Waals surface area contributed by atoms with Gasteiger partial charge in [-0.3, -0.25) is 9.59 Å². The molecule has 42 heavy (non-hydrogen) atoms. The third-order valence-electron chi connectivity index (χ3n) is 7.37. The van der Waals surface area contributed by atoms with Crippen LogP contribution in [0.25, 0.3) is 22.5 Å². The maximum Gasteiger partial charge on any atom is 0.309 e. The minimum absolute atomic E-state index is 0.188. The molecule has 0 aliphatic rings. The summed E-state index contributed by atoms with van der Waals surface area (Å²) in [6.07, 6.45) is 8.03. The van der Waals surface area contributed by atoms with Crippen LogP contribution in [-0.2, 0) is 25.5 Å². The fourth-order valence-corrected chi connectivity index (χ4v) is 5.58. The fraction of sp³-hybridized carbons (Fsp3) is 0.514. The van der Waals surface area contributed by atoms with E-state index in [4.69, 9.17) is 9.47 Å². The van der Waals surface area contributed by atoms with Crippen LogP contribution in [0.3, 0.4) is 0 Å². The Kier molecular flexibility index (Phi) is 12.2. The van der Waals surface area contributed by atoms with Crippen LogP contribution in [0.4, 0.5) is 0 Å². The number of nitrogens with one attached hydrogen (secondary N) is 1. The number of H-pyrrole nitrogens is 1. The van der Waals surface area contributed by atoms with Crippen molar-refractivity contribution in [1.82, 2.24) is 9.97 Å². The predicted molar refractivity (Wildman–Crippen MR) is 174 cm³/mol. The Morgan fingerprint density at radius 2 is 1.48 bits per heavy atom. The van der Waals surface area contributed by atoms with E-state index in [0.717, 1.165) is 59.8 Å². The van der Waals surface area contributed by atoms with Crippen molar-refractivity contribution in [1.29, 1.82) is 0 Å². The minimum atomic E-state index is -1.33. The van der Waals surface area contributed by atoms with Crippen molar-refractivity contribution >= 4 is 20.0 Å². The van der Waals surface area contributed by atoms with Crippen LogP contribution >= 0.6 is 0 Å². The highest BCUT2D eigenvalue weighted by molar-refractivity contribution is 6.76. The number of aryl methyl sites for hydroxylation is 1. The number of rotatable bonds is 15. The van der Waals surface area contributed by atoms with Crippen LogP contribution in [0, 0.1) is 11.8 Å². The van der Waals surface area contributed by atoms with E-state index >= 15 is 0 Å². The summed E-state index contributed by atoms with van der Waals surface area (Å²) < 4.78 is 11.6. The summed E-state index contributed by atoms with van der Waals surface area (Å²) >= 11 is 0. The second-order valence-corrected chi connectivity index (χ2v) is 19.2. The van der Waals surface area contributed by atoms with Gasteiger partial charge in [-0.05, 0) is 69.2 Å². The Balaban J connectivity index is 1.70. The van der Waals surface area contributed by atoms with Crippen molar-refractivity contribution in [3.05, 3.63) is 66.5 Å². The number of hydrogen-bond donors (Lipinski definition) is 1. The third kappa shape index (κ3) is 11.2. The van der Waals surface area contributed by atoms with Gasteiger partial charge in [0.25, 0.3) is 0 Å². The number of nitrogens with zero attached hydrogens (tertiary/aromatic N) is 1. The topological polar surface area (TPSA) is 81.3 Å². The summed E-state index contributed by atoms with van der Waals surface area (Å²) in [6.45, 7) is 15.1. The Labute approximate surface area is 253 Å². The Hall–Kier alpha value is -3.19. The predicted octanol–water partition coefficient (Wildman–Crippen LogP) is 8.71. The van der Waals surface area contributed by atoms with Crippen LogP contribution in [0.5, 0.6) is 0 Å². The molecule has 0 aliphatic heterocycles. The van der Waals surface area contributed by atoms with Gasteiger partial charge in [-0.1, -0.05) is 87.9 Å².